The van der Waals surface area contributed by atoms with E-state index < -0.39 is 0 Å². The summed E-state index contributed by atoms with van der Waals surface area (Å²) in [4.78, 5) is 0. The van der Waals surface area contributed by atoms with E-state index >= 15 is 0 Å². The summed E-state index contributed by atoms with van der Waals surface area (Å²) in [6.45, 7) is 0. The first-order valence-corrected chi connectivity index (χ1v) is 4.10. The van der Waals surface area contributed by atoms with E-state index in [1.165, 1.54) is 10.9 Å². The van der Waals surface area contributed by atoms with Crippen molar-refractivity contribution in [2.45, 2.75) is 0 Å². The molecule has 0 aliphatic heterocycles. The summed E-state index contributed by atoms with van der Waals surface area (Å²) in [5.74, 6) is 5.11. The Morgan fingerprint density at radius 2 is 2.15 bits per heavy atom. The van der Waals surface area contributed by atoms with Gasteiger partial charge in [0.1, 0.15) is 0 Å². The van der Waals surface area contributed by atoms with Gasteiger partial charge in [-0.3, -0.25) is 0 Å². The molecule has 2 rings (SSSR count). The van der Waals surface area contributed by atoms with Crippen LogP contribution in [0.1, 0.15) is 5.69 Å². The molecule has 1 aromatic carbocycles. The van der Waals surface area contributed by atoms with Crippen molar-refractivity contribution in [3.63, 3.8) is 0 Å². The van der Waals surface area contributed by atoms with E-state index in [1.54, 1.807) is 6.21 Å². The third kappa shape index (κ3) is 1.18. The lowest BCUT2D eigenvalue weighted by Crippen LogP contribution is -1.95. The Morgan fingerprint density at radius 1 is 1.38 bits per heavy atom. The molecule has 0 saturated carbocycles. The topological polar surface area (TPSA) is 43.3 Å². The number of benzene rings is 1. The van der Waals surface area contributed by atoms with Crippen molar-refractivity contribution < 1.29 is 0 Å². The molecule has 0 spiro atoms. The third-order valence-corrected chi connectivity index (χ3v) is 2.20. The molecule has 0 radical (unpaired) electrons. The van der Waals surface area contributed by atoms with Gasteiger partial charge in [-0.25, -0.2) is 0 Å². The number of para-hydroxylation sites is 1. The van der Waals surface area contributed by atoms with Crippen molar-refractivity contribution in [2.24, 2.45) is 18.0 Å². The smallest absolute Gasteiger partial charge is 0.0702 e. The van der Waals surface area contributed by atoms with Gasteiger partial charge in [-0.1, -0.05) is 18.2 Å². The minimum absolute atomic E-state index is 1.02. The average Bonchev–Trinajstić information content (AvgIpc) is 2.46. The fraction of sp³-hybridized carbons (Fsp3) is 0.100. The van der Waals surface area contributed by atoms with E-state index in [0.29, 0.717) is 0 Å². The molecule has 0 unspecified atom stereocenters. The predicted octanol–water partition coefficient (Wildman–Crippen LogP) is 1.47. The fourth-order valence-electron chi connectivity index (χ4n) is 1.51. The highest BCUT2D eigenvalue weighted by atomic mass is 15.1. The second-order valence-corrected chi connectivity index (χ2v) is 2.97. The molecule has 0 fully saturated rings. The molecule has 0 saturated heterocycles. The van der Waals surface area contributed by atoms with Gasteiger partial charge in [-0.15, -0.1) is 0 Å². The van der Waals surface area contributed by atoms with Gasteiger partial charge < -0.3 is 10.4 Å². The monoisotopic (exact) mass is 173 g/mol. The minimum atomic E-state index is 1.02. The number of aryl methyl sites for hydroxylation is 1. The van der Waals surface area contributed by atoms with E-state index in [2.05, 4.69) is 27.9 Å². The number of nitrogens with two attached hydrogens (primary N) is 1. The minimum Gasteiger partial charge on any atom is -0.343 e. The van der Waals surface area contributed by atoms with Crippen LogP contribution in [0.3, 0.4) is 0 Å². The Labute approximate surface area is 76.5 Å². The number of fused-ring (bicyclic) bond motifs is 1. The summed E-state index contributed by atoms with van der Waals surface area (Å²) in [5.41, 5.74) is 2.21. The predicted molar refractivity (Wildman–Crippen MR) is 54.7 cm³/mol. The number of hydrogen-bond acceptors (Lipinski definition) is 2. The van der Waals surface area contributed by atoms with Crippen LogP contribution in [-0.2, 0) is 7.05 Å². The zero-order chi connectivity index (χ0) is 9.26. The van der Waals surface area contributed by atoms with Gasteiger partial charge in [0.25, 0.3) is 0 Å². The molecule has 1 aromatic heterocycles. The van der Waals surface area contributed by atoms with Gasteiger partial charge >= 0.3 is 0 Å². The summed E-state index contributed by atoms with van der Waals surface area (Å²) < 4.78 is 2.06. The second-order valence-electron chi connectivity index (χ2n) is 2.97. The lowest BCUT2D eigenvalue weighted by atomic mass is 10.2. The molecule has 3 nitrogen and oxygen atoms in total. The fourth-order valence-corrected chi connectivity index (χ4v) is 1.51. The Kier molecular flexibility index (Phi) is 1.77. The highest BCUT2D eigenvalue weighted by molar-refractivity contribution is 5.90. The highest BCUT2D eigenvalue weighted by Gasteiger charge is 2.01. The van der Waals surface area contributed by atoms with Crippen molar-refractivity contribution in [3.8, 4) is 0 Å². The van der Waals surface area contributed by atoms with E-state index in [4.69, 9.17) is 5.84 Å². The van der Waals surface area contributed by atoms with Crippen molar-refractivity contribution in [1.82, 2.24) is 4.57 Å². The highest BCUT2D eigenvalue weighted by Crippen LogP contribution is 2.16. The molecule has 2 N–H and O–H groups in total. The Bertz CT molecular complexity index is 454. The molecule has 2 aromatic rings. The van der Waals surface area contributed by atoms with E-state index in [-0.39, 0.29) is 0 Å². The van der Waals surface area contributed by atoms with Crippen LogP contribution in [0.4, 0.5) is 0 Å². The van der Waals surface area contributed by atoms with Gasteiger partial charge in [-0.2, -0.15) is 5.10 Å². The van der Waals surface area contributed by atoms with E-state index in [0.717, 1.165) is 5.69 Å². The summed E-state index contributed by atoms with van der Waals surface area (Å²) in [6.07, 6.45) is 1.65. The van der Waals surface area contributed by atoms with Gasteiger partial charge in [0.2, 0.25) is 0 Å². The average molecular weight is 173 g/mol. The van der Waals surface area contributed by atoms with Crippen LogP contribution in [0, 0.1) is 0 Å². The SMILES string of the molecule is Cn1c(C=NN)cc2ccccc21. The maximum atomic E-state index is 5.11. The summed E-state index contributed by atoms with van der Waals surface area (Å²) in [7, 11) is 2.00. The third-order valence-electron chi connectivity index (χ3n) is 2.20. The molecule has 1 heterocycles. The van der Waals surface area contributed by atoms with Gasteiger partial charge in [0.05, 0.1) is 11.9 Å². The Hall–Kier alpha value is -1.77. The normalized spacial score (nSPS) is 11.5. The standard InChI is InChI=1S/C10H11N3/c1-13-9(7-12-11)6-8-4-2-3-5-10(8)13/h2-7H,11H2,1H3. The van der Waals surface area contributed by atoms with E-state index in [9.17, 15) is 0 Å². The first-order chi connectivity index (χ1) is 6.33. The van der Waals surface area contributed by atoms with Crippen molar-refractivity contribution in [3.05, 3.63) is 36.0 Å². The van der Waals surface area contributed by atoms with E-state index in [1.807, 2.05) is 19.2 Å². The number of hydrogen-bond donors (Lipinski definition) is 1. The van der Waals surface area contributed by atoms with Crippen LogP contribution in [0.15, 0.2) is 35.4 Å². The van der Waals surface area contributed by atoms with Crippen LogP contribution < -0.4 is 5.84 Å². The molecule has 0 aliphatic carbocycles. The molecule has 0 aliphatic rings. The second kappa shape index (κ2) is 2.94. The van der Waals surface area contributed by atoms with Crippen LogP contribution in [0.5, 0.6) is 0 Å². The molecule has 0 bridgehead atoms. The quantitative estimate of drug-likeness (QED) is 0.396. The zero-order valence-corrected chi connectivity index (χ0v) is 7.44. The lowest BCUT2D eigenvalue weighted by Gasteiger charge is -1.97. The molecule has 13 heavy (non-hydrogen) atoms. The number of hydrazone groups is 1. The van der Waals surface area contributed by atoms with Crippen LogP contribution in [0.2, 0.25) is 0 Å². The van der Waals surface area contributed by atoms with Crippen LogP contribution in [-0.4, -0.2) is 10.8 Å². The van der Waals surface area contributed by atoms with Crippen LogP contribution >= 0.6 is 0 Å². The summed E-state index contributed by atoms with van der Waals surface area (Å²) >= 11 is 0. The van der Waals surface area contributed by atoms with Gasteiger partial charge in [0.15, 0.2) is 0 Å². The number of aromatic nitrogens is 1. The molecule has 3 heteroatoms. The molecule has 0 amide bonds. The van der Waals surface area contributed by atoms with Gasteiger partial charge in [0, 0.05) is 18.0 Å². The number of rotatable bonds is 1. The number of nitrogens with zero attached hydrogens (tertiary/aromatic N) is 2. The van der Waals surface area contributed by atoms with Crippen LogP contribution in [0.25, 0.3) is 10.9 Å². The summed E-state index contributed by atoms with van der Waals surface area (Å²) in [5, 5.41) is 4.72. The molecule has 0 atom stereocenters. The summed E-state index contributed by atoms with van der Waals surface area (Å²) in [6, 6.07) is 10.2. The first kappa shape index (κ1) is 7.86. The lowest BCUT2D eigenvalue weighted by molar-refractivity contribution is 0.957. The van der Waals surface area contributed by atoms with Crippen molar-refractivity contribution in [1.29, 1.82) is 0 Å². The Morgan fingerprint density at radius 3 is 2.85 bits per heavy atom. The maximum absolute atomic E-state index is 5.11. The van der Waals surface area contributed by atoms with Crippen molar-refractivity contribution >= 4 is 17.1 Å². The molecular weight excluding hydrogens is 162 g/mol. The first-order valence-electron chi connectivity index (χ1n) is 4.10. The van der Waals surface area contributed by atoms with Crippen molar-refractivity contribution in [2.75, 3.05) is 0 Å². The Balaban J connectivity index is 2.73. The molecular formula is C10H11N3. The largest absolute Gasteiger partial charge is 0.343 e. The van der Waals surface area contributed by atoms with Gasteiger partial charge in [-0.05, 0) is 12.1 Å². The zero-order valence-electron chi connectivity index (χ0n) is 7.44. The maximum Gasteiger partial charge on any atom is 0.0702 e. The molecule has 66 valence electrons.